The highest BCUT2D eigenvalue weighted by Crippen LogP contribution is 2.60. The van der Waals surface area contributed by atoms with Gasteiger partial charge in [0.25, 0.3) is 0 Å². The first-order valence-electron chi connectivity index (χ1n) is 45.6. The zero-order valence-corrected chi connectivity index (χ0v) is 73.1. The fourth-order valence-corrected chi connectivity index (χ4v) is 23.3. The standard InChI is InChI=1S/3C43H30/c1-43(2)39-18-10-9-15-33(39)36-25-37-38(26-40(36)43)42(32-22-20-28-12-4-6-14-30(28)24-32)35-17-8-7-16-34(35)41(37)31-21-19-27-11-3-5-13-29(27)23-31;1-43(2)38-18-10-9-15-33(38)36-23-24-37-39(31-21-19-27-11-3-5-13-29(27)25-31)34-16-7-8-17-35(34)40(41(37)42(36)43)32-22-20-28-12-4-6-14-30(28)26-32;1-43(2)39-21-10-9-17-32(39)36-25-37-38(26-40(36)43)42(33-20-11-15-28-13-5-6-16-31(28)33)35-19-8-7-18-34(35)41(37)30-23-22-27-12-3-4-14-29(27)24-30/h3*3-26H,1-2H3. The van der Waals surface area contributed by atoms with Crippen LogP contribution in [-0.4, -0.2) is 0 Å². The highest BCUT2D eigenvalue weighted by Gasteiger charge is 2.41. The van der Waals surface area contributed by atoms with Crippen LogP contribution in [0.5, 0.6) is 0 Å². The summed E-state index contributed by atoms with van der Waals surface area (Å²) >= 11 is 0. The third-order valence-corrected chi connectivity index (χ3v) is 29.4. The van der Waals surface area contributed by atoms with E-state index in [-0.39, 0.29) is 16.2 Å². The molecule has 27 rings (SSSR count). The van der Waals surface area contributed by atoms with Crippen LogP contribution in [-0.2, 0) is 16.2 Å². The highest BCUT2D eigenvalue weighted by atomic mass is 14.4. The van der Waals surface area contributed by atoms with Gasteiger partial charge in [0.05, 0.1) is 0 Å². The fourth-order valence-electron chi connectivity index (χ4n) is 23.3. The summed E-state index contributed by atoms with van der Waals surface area (Å²) in [6, 6.07) is 163. The molecule has 3 aliphatic carbocycles. The maximum absolute atomic E-state index is 2.53. The number of benzene rings is 24. The molecule has 0 spiro atoms. The molecule has 0 aliphatic heterocycles. The molecule has 0 unspecified atom stereocenters. The molecule has 0 saturated carbocycles. The number of fused-ring (bicyclic) bond motifs is 22. The van der Waals surface area contributed by atoms with Crippen molar-refractivity contribution in [3.63, 3.8) is 0 Å². The second-order valence-electron chi connectivity index (χ2n) is 37.5. The number of rotatable bonds is 6. The van der Waals surface area contributed by atoms with Gasteiger partial charge in [-0.3, -0.25) is 0 Å². The molecule has 0 nitrogen and oxygen atoms in total. The lowest BCUT2D eigenvalue weighted by Crippen LogP contribution is -2.16. The molecule has 0 heteroatoms. The summed E-state index contributed by atoms with van der Waals surface area (Å²) in [6.45, 7) is 14.3. The van der Waals surface area contributed by atoms with Crippen molar-refractivity contribution in [2.45, 2.75) is 57.8 Å². The van der Waals surface area contributed by atoms with E-state index in [0.717, 1.165) is 0 Å². The second-order valence-corrected chi connectivity index (χ2v) is 37.5. The van der Waals surface area contributed by atoms with E-state index in [2.05, 4.69) is 478 Å². The molecule has 0 saturated heterocycles. The van der Waals surface area contributed by atoms with Gasteiger partial charge in [0.15, 0.2) is 0 Å². The third-order valence-electron chi connectivity index (χ3n) is 29.4. The minimum Gasteiger partial charge on any atom is -0.0619 e. The van der Waals surface area contributed by atoms with E-state index in [1.807, 2.05) is 0 Å². The number of hydrogen-bond acceptors (Lipinski definition) is 0. The van der Waals surface area contributed by atoms with Crippen molar-refractivity contribution in [3.8, 4) is 100 Å². The Bertz CT molecular complexity index is 8780. The summed E-state index contributed by atoms with van der Waals surface area (Å²) in [6.07, 6.45) is 0. The molecule has 0 radical (unpaired) electrons. The zero-order valence-electron chi connectivity index (χ0n) is 73.1. The van der Waals surface area contributed by atoms with Crippen LogP contribution in [0.15, 0.2) is 437 Å². The van der Waals surface area contributed by atoms with Gasteiger partial charge < -0.3 is 0 Å². The van der Waals surface area contributed by atoms with Crippen LogP contribution in [0.4, 0.5) is 0 Å². The molecular weight excluding hydrogens is 1550 g/mol. The molecule has 606 valence electrons. The lowest BCUT2D eigenvalue weighted by atomic mass is 9.76. The maximum atomic E-state index is 2.53. The van der Waals surface area contributed by atoms with E-state index >= 15 is 0 Å². The lowest BCUT2D eigenvalue weighted by Gasteiger charge is -2.27. The fraction of sp³-hybridized carbons (Fsp3) is 0.0698. The molecular formula is C129H90. The highest BCUT2D eigenvalue weighted by molar-refractivity contribution is 6.28. The summed E-state index contributed by atoms with van der Waals surface area (Å²) in [7, 11) is 0. The average molecular weight is 1640 g/mol. The van der Waals surface area contributed by atoms with Crippen LogP contribution >= 0.6 is 0 Å². The Morgan fingerprint density at radius 1 is 0.132 bits per heavy atom. The van der Waals surface area contributed by atoms with Gasteiger partial charge in [0.1, 0.15) is 0 Å². The van der Waals surface area contributed by atoms with Crippen molar-refractivity contribution < 1.29 is 0 Å². The van der Waals surface area contributed by atoms with E-state index in [0.29, 0.717) is 0 Å². The van der Waals surface area contributed by atoms with E-state index < -0.39 is 0 Å². The first kappa shape index (κ1) is 75.9. The van der Waals surface area contributed by atoms with Gasteiger partial charge in [-0.05, 0) is 317 Å². The van der Waals surface area contributed by atoms with Crippen LogP contribution in [0.1, 0.15) is 74.9 Å². The molecule has 0 atom stereocenters. The lowest BCUT2D eigenvalue weighted by molar-refractivity contribution is 0.661. The normalized spacial score (nSPS) is 13.5. The van der Waals surface area contributed by atoms with Crippen molar-refractivity contribution in [2.75, 3.05) is 0 Å². The smallest absolute Gasteiger partial charge is 0.0165 e. The average Bonchev–Trinajstić information content (AvgIpc) is 1.59. The van der Waals surface area contributed by atoms with E-state index in [9.17, 15) is 0 Å². The van der Waals surface area contributed by atoms with Gasteiger partial charge in [0.2, 0.25) is 0 Å². The summed E-state index contributed by atoms with van der Waals surface area (Å²) in [4.78, 5) is 0. The Morgan fingerprint density at radius 3 is 0.783 bits per heavy atom. The number of hydrogen-bond donors (Lipinski definition) is 0. The Balaban J connectivity index is 0.000000105. The molecule has 0 aromatic heterocycles. The molecule has 0 fully saturated rings. The summed E-state index contributed by atoms with van der Waals surface area (Å²) in [5.74, 6) is 0. The Hall–Kier alpha value is -15.6. The van der Waals surface area contributed by atoms with E-state index in [1.54, 1.807) is 0 Å². The molecule has 24 aromatic carbocycles. The molecule has 3 aliphatic rings. The topological polar surface area (TPSA) is 0 Å². The third kappa shape index (κ3) is 11.8. The van der Waals surface area contributed by atoms with Gasteiger partial charge in [-0.25, -0.2) is 0 Å². The molecule has 0 amide bonds. The largest absolute Gasteiger partial charge is 0.0619 e. The van der Waals surface area contributed by atoms with Gasteiger partial charge in [-0.15, -0.1) is 0 Å². The van der Waals surface area contributed by atoms with Gasteiger partial charge in [-0.2, -0.15) is 0 Å². The van der Waals surface area contributed by atoms with Gasteiger partial charge in [-0.1, -0.05) is 424 Å². The van der Waals surface area contributed by atoms with Crippen molar-refractivity contribution in [1.29, 1.82) is 0 Å². The second kappa shape index (κ2) is 29.2. The summed E-state index contributed by atoms with van der Waals surface area (Å²) in [5.41, 5.74) is 31.8. The van der Waals surface area contributed by atoms with E-state index in [1.165, 1.54) is 263 Å². The minimum atomic E-state index is -0.139. The summed E-state index contributed by atoms with van der Waals surface area (Å²) < 4.78 is 0. The molecule has 0 bridgehead atoms. The van der Waals surface area contributed by atoms with Gasteiger partial charge >= 0.3 is 0 Å². The van der Waals surface area contributed by atoms with Crippen molar-refractivity contribution >= 4 is 129 Å². The summed E-state index contributed by atoms with van der Waals surface area (Å²) in [5, 5.41) is 30.9. The van der Waals surface area contributed by atoms with Crippen LogP contribution in [0, 0.1) is 0 Å². The van der Waals surface area contributed by atoms with Crippen LogP contribution in [0.2, 0.25) is 0 Å². The predicted octanol–water partition coefficient (Wildman–Crippen LogP) is 35.8. The Kier molecular flexibility index (Phi) is 17.2. The molecule has 129 heavy (non-hydrogen) atoms. The monoisotopic (exact) mass is 1640 g/mol. The molecule has 0 N–H and O–H groups in total. The maximum Gasteiger partial charge on any atom is 0.0165 e. The zero-order chi connectivity index (χ0) is 86.1. The van der Waals surface area contributed by atoms with Crippen molar-refractivity contribution in [3.05, 3.63) is 470 Å². The molecule has 0 heterocycles. The molecule has 24 aromatic rings. The van der Waals surface area contributed by atoms with Crippen LogP contribution in [0.25, 0.3) is 229 Å². The first-order chi connectivity index (χ1) is 63.3. The first-order valence-corrected chi connectivity index (χ1v) is 45.6. The Morgan fingerprint density at radius 2 is 0.395 bits per heavy atom. The van der Waals surface area contributed by atoms with Gasteiger partial charge in [0, 0.05) is 16.2 Å². The quantitative estimate of drug-likeness (QED) is 0.146. The van der Waals surface area contributed by atoms with Crippen molar-refractivity contribution in [2.24, 2.45) is 0 Å². The SMILES string of the molecule is CC1(C)c2ccccc2-c2cc3c(-c4ccc5ccccc5c4)c4ccccc4c(-c4ccc5ccccc5c4)c3cc21.CC1(C)c2ccccc2-c2cc3c(-c4ccc5ccccc5c4)c4ccccc4c(-c4cccc5ccccc45)c3cc21.CC1(C)c2ccccc2-c2ccc3c(-c4ccc5ccccc5c4)c4ccccc4c(-c4ccc5ccccc5c4)c3c21. The van der Waals surface area contributed by atoms with Crippen LogP contribution < -0.4 is 0 Å². The Labute approximate surface area is 752 Å². The van der Waals surface area contributed by atoms with Crippen LogP contribution in [0.3, 0.4) is 0 Å². The minimum absolute atomic E-state index is 0.0739. The van der Waals surface area contributed by atoms with E-state index in [4.69, 9.17) is 0 Å². The predicted molar refractivity (Wildman–Crippen MR) is 555 cm³/mol. The van der Waals surface area contributed by atoms with Crippen molar-refractivity contribution in [1.82, 2.24) is 0 Å².